The van der Waals surface area contributed by atoms with E-state index in [4.69, 9.17) is 10.2 Å². The minimum absolute atomic E-state index is 0.285. The van der Waals surface area contributed by atoms with Gasteiger partial charge in [-0.15, -0.1) is 0 Å². The Bertz CT molecular complexity index is 357. The van der Waals surface area contributed by atoms with E-state index in [1.54, 1.807) is 6.26 Å². The molecule has 1 aromatic heterocycles. The quantitative estimate of drug-likeness (QED) is 0.891. The molecule has 2 fully saturated rings. The summed E-state index contributed by atoms with van der Waals surface area (Å²) in [5.74, 6) is 1.94. The van der Waals surface area contributed by atoms with E-state index in [9.17, 15) is 0 Å². The predicted molar refractivity (Wildman–Crippen MR) is 72.2 cm³/mol. The van der Waals surface area contributed by atoms with Crippen molar-refractivity contribution in [3.05, 3.63) is 24.2 Å². The summed E-state index contributed by atoms with van der Waals surface area (Å²) in [5, 5.41) is 0. The number of likely N-dealkylation sites (tertiary alicyclic amines) is 1. The Morgan fingerprint density at radius 2 is 2.11 bits per heavy atom. The van der Waals surface area contributed by atoms with Crippen LogP contribution in [0.1, 0.15) is 50.3 Å². The van der Waals surface area contributed by atoms with Crippen LogP contribution in [0, 0.1) is 5.92 Å². The van der Waals surface area contributed by atoms with Gasteiger partial charge in [-0.2, -0.15) is 0 Å². The summed E-state index contributed by atoms with van der Waals surface area (Å²) in [6.07, 6.45) is 10.1. The molecule has 0 aromatic carbocycles. The van der Waals surface area contributed by atoms with Gasteiger partial charge in [0, 0.05) is 12.6 Å². The van der Waals surface area contributed by atoms with Crippen molar-refractivity contribution in [1.82, 2.24) is 4.90 Å². The Morgan fingerprint density at radius 3 is 2.78 bits per heavy atom. The van der Waals surface area contributed by atoms with Crippen LogP contribution in [0.2, 0.25) is 0 Å². The van der Waals surface area contributed by atoms with Crippen molar-refractivity contribution >= 4 is 0 Å². The topological polar surface area (TPSA) is 42.4 Å². The average molecular weight is 248 g/mol. The molecule has 2 heterocycles. The number of rotatable bonds is 4. The molecule has 0 amide bonds. The molecule has 100 valence electrons. The van der Waals surface area contributed by atoms with Gasteiger partial charge in [0.2, 0.25) is 0 Å². The average Bonchev–Trinajstić information content (AvgIpc) is 3.13. The molecule has 0 spiro atoms. The zero-order chi connectivity index (χ0) is 12.4. The van der Waals surface area contributed by atoms with Gasteiger partial charge in [-0.1, -0.05) is 12.8 Å². The first-order valence-electron chi connectivity index (χ1n) is 7.39. The summed E-state index contributed by atoms with van der Waals surface area (Å²) in [6, 6.07) is 5.07. The molecule has 18 heavy (non-hydrogen) atoms. The maximum Gasteiger partial charge on any atom is 0.122 e. The van der Waals surface area contributed by atoms with Crippen LogP contribution < -0.4 is 5.73 Å². The van der Waals surface area contributed by atoms with E-state index in [-0.39, 0.29) is 6.04 Å². The number of furan rings is 1. The summed E-state index contributed by atoms with van der Waals surface area (Å²) in [6.45, 7) is 1.85. The lowest BCUT2D eigenvalue weighted by molar-refractivity contribution is 0.124. The highest BCUT2D eigenvalue weighted by Crippen LogP contribution is 2.39. The summed E-state index contributed by atoms with van der Waals surface area (Å²) < 4.78 is 5.59. The van der Waals surface area contributed by atoms with Crippen molar-refractivity contribution in [3.8, 4) is 0 Å². The fourth-order valence-electron chi connectivity index (χ4n) is 3.95. The Morgan fingerprint density at radius 1 is 1.28 bits per heavy atom. The summed E-state index contributed by atoms with van der Waals surface area (Å²) in [5.41, 5.74) is 6.00. The van der Waals surface area contributed by atoms with Gasteiger partial charge in [0.15, 0.2) is 0 Å². The fraction of sp³-hybridized carbons (Fsp3) is 0.733. The van der Waals surface area contributed by atoms with E-state index in [0.717, 1.165) is 17.7 Å². The Hall–Kier alpha value is -0.800. The van der Waals surface area contributed by atoms with Crippen molar-refractivity contribution in [2.75, 3.05) is 13.1 Å². The second kappa shape index (κ2) is 5.45. The monoisotopic (exact) mass is 248 g/mol. The van der Waals surface area contributed by atoms with Gasteiger partial charge >= 0.3 is 0 Å². The third-order valence-corrected chi connectivity index (χ3v) is 4.78. The fourth-order valence-corrected chi connectivity index (χ4v) is 3.95. The highest BCUT2D eigenvalue weighted by molar-refractivity contribution is 5.07. The second-order valence-electron chi connectivity index (χ2n) is 5.76. The van der Waals surface area contributed by atoms with Crippen molar-refractivity contribution in [2.45, 2.75) is 50.6 Å². The molecule has 2 N–H and O–H groups in total. The molecule has 1 aliphatic heterocycles. The molecule has 0 radical (unpaired) electrons. The van der Waals surface area contributed by atoms with Crippen LogP contribution in [0.25, 0.3) is 0 Å². The Kier molecular flexibility index (Phi) is 3.71. The lowest BCUT2D eigenvalue weighted by Gasteiger charge is -2.34. The number of nitrogens with zero attached hydrogens (tertiary/aromatic N) is 1. The predicted octanol–water partition coefficient (Wildman–Crippen LogP) is 2.93. The maximum absolute atomic E-state index is 6.00. The maximum atomic E-state index is 6.00. The van der Waals surface area contributed by atoms with Crippen molar-refractivity contribution in [3.63, 3.8) is 0 Å². The lowest BCUT2D eigenvalue weighted by Crippen LogP contribution is -2.40. The van der Waals surface area contributed by atoms with Gasteiger partial charge < -0.3 is 10.2 Å². The zero-order valence-electron chi connectivity index (χ0n) is 11.1. The molecule has 0 bridgehead atoms. The third-order valence-electron chi connectivity index (χ3n) is 4.78. The van der Waals surface area contributed by atoms with E-state index >= 15 is 0 Å². The first kappa shape index (κ1) is 12.2. The Balaban J connectivity index is 1.76. The first-order valence-corrected chi connectivity index (χ1v) is 7.39. The molecular weight excluding hydrogens is 224 g/mol. The molecule has 3 rings (SSSR count). The summed E-state index contributed by atoms with van der Waals surface area (Å²) in [7, 11) is 0. The van der Waals surface area contributed by atoms with E-state index in [1.807, 2.05) is 6.07 Å². The normalized spacial score (nSPS) is 27.9. The number of hydrogen-bond acceptors (Lipinski definition) is 3. The van der Waals surface area contributed by atoms with Crippen molar-refractivity contribution in [2.24, 2.45) is 11.7 Å². The molecule has 3 nitrogen and oxygen atoms in total. The van der Waals surface area contributed by atoms with E-state index in [1.165, 1.54) is 45.1 Å². The van der Waals surface area contributed by atoms with Crippen LogP contribution in [0.5, 0.6) is 0 Å². The molecule has 2 aliphatic rings. The van der Waals surface area contributed by atoms with Gasteiger partial charge in [-0.3, -0.25) is 4.90 Å². The summed E-state index contributed by atoms with van der Waals surface area (Å²) in [4.78, 5) is 2.62. The standard InChI is InChI=1S/C15H24N2O/c16-11-14(15-8-4-10-18-15)17-9-3-7-13(17)12-5-1-2-6-12/h4,8,10,12-14H,1-3,5-7,9,11,16H2. The highest BCUT2D eigenvalue weighted by atomic mass is 16.3. The summed E-state index contributed by atoms with van der Waals surface area (Å²) >= 11 is 0. The van der Waals surface area contributed by atoms with Crippen LogP contribution in [0.15, 0.2) is 22.8 Å². The van der Waals surface area contributed by atoms with Crippen molar-refractivity contribution in [1.29, 1.82) is 0 Å². The van der Waals surface area contributed by atoms with Crippen LogP contribution in [-0.4, -0.2) is 24.0 Å². The Labute approximate surface area is 109 Å². The van der Waals surface area contributed by atoms with Gasteiger partial charge in [0.25, 0.3) is 0 Å². The minimum atomic E-state index is 0.285. The molecule has 1 saturated carbocycles. The highest BCUT2D eigenvalue weighted by Gasteiger charge is 2.37. The number of nitrogens with two attached hydrogens (primary N) is 1. The number of hydrogen-bond donors (Lipinski definition) is 1. The van der Waals surface area contributed by atoms with E-state index in [0.29, 0.717) is 6.54 Å². The van der Waals surface area contributed by atoms with Crippen LogP contribution in [0.3, 0.4) is 0 Å². The lowest BCUT2D eigenvalue weighted by atomic mass is 9.95. The van der Waals surface area contributed by atoms with E-state index < -0.39 is 0 Å². The molecule has 1 aromatic rings. The molecular formula is C15H24N2O. The van der Waals surface area contributed by atoms with Crippen molar-refractivity contribution < 1.29 is 4.42 Å². The van der Waals surface area contributed by atoms with Crippen LogP contribution in [-0.2, 0) is 0 Å². The van der Waals surface area contributed by atoms with E-state index in [2.05, 4.69) is 11.0 Å². The molecule has 2 atom stereocenters. The largest absolute Gasteiger partial charge is 0.468 e. The SMILES string of the molecule is NCC(c1ccco1)N1CCCC1C1CCCC1. The van der Waals surface area contributed by atoms with Gasteiger partial charge in [-0.05, 0) is 50.3 Å². The van der Waals surface area contributed by atoms with Gasteiger partial charge in [-0.25, -0.2) is 0 Å². The van der Waals surface area contributed by atoms with Gasteiger partial charge in [0.1, 0.15) is 5.76 Å². The van der Waals surface area contributed by atoms with Crippen LogP contribution in [0.4, 0.5) is 0 Å². The zero-order valence-corrected chi connectivity index (χ0v) is 11.1. The third kappa shape index (κ3) is 2.21. The van der Waals surface area contributed by atoms with Crippen LogP contribution >= 0.6 is 0 Å². The molecule has 1 saturated heterocycles. The smallest absolute Gasteiger partial charge is 0.122 e. The molecule has 3 heteroatoms. The first-order chi connectivity index (χ1) is 8.90. The molecule has 1 aliphatic carbocycles. The van der Waals surface area contributed by atoms with Gasteiger partial charge in [0.05, 0.1) is 12.3 Å². The molecule has 2 unspecified atom stereocenters. The second-order valence-corrected chi connectivity index (χ2v) is 5.76. The minimum Gasteiger partial charge on any atom is -0.468 e.